The number of nitrogens with zero attached hydrogens (tertiary/aromatic N) is 1. The van der Waals surface area contributed by atoms with E-state index in [2.05, 4.69) is 5.32 Å². The first-order chi connectivity index (χ1) is 9.81. The van der Waals surface area contributed by atoms with Crippen LogP contribution in [0.4, 0.5) is 0 Å². The van der Waals surface area contributed by atoms with Crippen LogP contribution >= 0.6 is 0 Å². The molecule has 7 nitrogen and oxygen atoms in total. The van der Waals surface area contributed by atoms with Crippen molar-refractivity contribution in [1.29, 1.82) is 0 Å². The van der Waals surface area contributed by atoms with Gasteiger partial charge in [-0.15, -0.1) is 0 Å². The van der Waals surface area contributed by atoms with Crippen molar-refractivity contribution in [3.63, 3.8) is 0 Å². The summed E-state index contributed by atoms with van der Waals surface area (Å²) >= 11 is 0. The number of sulfonamides is 1. The Kier molecular flexibility index (Phi) is 4.29. The Morgan fingerprint density at radius 2 is 2.00 bits per heavy atom. The highest BCUT2D eigenvalue weighted by atomic mass is 32.2. The van der Waals surface area contributed by atoms with Gasteiger partial charge in [0.05, 0.1) is 11.3 Å². The van der Waals surface area contributed by atoms with Crippen LogP contribution in [0.3, 0.4) is 0 Å². The highest BCUT2D eigenvalue weighted by molar-refractivity contribution is 7.88. The number of rotatable bonds is 4. The van der Waals surface area contributed by atoms with Gasteiger partial charge in [0.2, 0.25) is 15.9 Å². The van der Waals surface area contributed by atoms with Crippen molar-refractivity contribution in [2.45, 2.75) is 18.7 Å². The zero-order valence-electron chi connectivity index (χ0n) is 11.4. The zero-order chi connectivity index (χ0) is 15.6. The van der Waals surface area contributed by atoms with Gasteiger partial charge < -0.3 is 10.4 Å². The first kappa shape index (κ1) is 15.5. The average Bonchev–Trinajstić information content (AvgIpc) is 2.41. The molecule has 1 fully saturated rings. The second kappa shape index (κ2) is 5.82. The number of carbonyl (C=O) groups is 2. The molecule has 1 heterocycles. The Morgan fingerprint density at radius 3 is 2.57 bits per heavy atom. The van der Waals surface area contributed by atoms with Crippen molar-refractivity contribution < 1.29 is 23.1 Å². The molecule has 2 N–H and O–H groups in total. The molecule has 1 aliphatic rings. The number of piperazine rings is 1. The van der Waals surface area contributed by atoms with E-state index in [4.69, 9.17) is 5.11 Å². The molecule has 0 saturated carbocycles. The smallest absolute Gasteiger partial charge is 0.335 e. The number of carboxylic acids is 1. The molecule has 1 amide bonds. The maximum absolute atomic E-state index is 12.4. The summed E-state index contributed by atoms with van der Waals surface area (Å²) in [4.78, 5) is 22.3. The van der Waals surface area contributed by atoms with E-state index < -0.39 is 22.0 Å². The van der Waals surface area contributed by atoms with Crippen molar-refractivity contribution in [2.75, 3.05) is 13.1 Å². The van der Waals surface area contributed by atoms with Crippen molar-refractivity contribution in [1.82, 2.24) is 9.62 Å². The van der Waals surface area contributed by atoms with Crippen molar-refractivity contribution in [3.05, 3.63) is 35.4 Å². The van der Waals surface area contributed by atoms with Crippen molar-refractivity contribution >= 4 is 21.9 Å². The standard InChI is InChI=1S/C13H16N2O5S/c1-9-12(16)14-6-7-15(9)21(19,20)8-10-2-4-11(5-3-10)13(17)18/h2-5,9H,6-8H2,1H3,(H,14,16)(H,17,18). The highest BCUT2D eigenvalue weighted by Gasteiger charge is 2.34. The van der Waals surface area contributed by atoms with Gasteiger partial charge in [-0.1, -0.05) is 12.1 Å². The average molecular weight is 312 g/mol. The summed E-state index contributed by atoms with van der Waals surface area (Å²) in [5, 5.41) is 11.4. The third-order valence-corrected chi connectivity index (χ3v) is 5.26. The van der Waals surface area contributed by atoms with Gasteiger partial charge in [0, 0.05) is 13.1 Å². The summed E-state index contributed by atoms with van der Waals surface area (Å²) in [5.41, 5.74) is 0.583. The van der Waals surface area contributed by atoms with Gasteiger partial charge in [-0.2, -0.15) is 4.31 Å². The Bertz CT molecular complexity index is 654. The van der Waals surface area contributed by atoms with Gasteiger partial charge in [0.25, 0.3) is 0 Å². The van der Waals surface area contributed by atoms with E-state index in [1.807, 2.05) is 0 Å². The minimum absolute atomic E-state index is 0.0990. The van der Waals surface area contributed by atoms with E-state index in [9.17, 15) is 18.0 Å². The van der Waals surface area contributed by atoms with Crippen LogP contribution < -0.4 is 5.32 Å². The second-order valence-corrected chi connectivity index (χ2v) is 6.76. The molecule has 1 aromatic carbocycles. The number of aromatic carboxylic acids is 1. The number of benzene rings is 1. The Hall–Kier alpha value is -1.93. The molecule has 114 valence electrons. The lowest BCUT2D eigenvalue weighted by molar-refractivity contribution is -0.126. The molecule has 0 spiro atoms. The molecule has 21 heavy (non-hydrogen) atoms. The third-order valence-electron chi connectivity index (χ3n) is 3.35. The van der Waals surface area contributed by atoms with Gasteiger partial charge in [0.1, 0.15) is 6.04 Å². The first-order valence-electron chi connectivity index (χ1n) is 6.41. The molecule has 8 heteroatoms. The fourth-order valence-corrected chi connectivity index (χ4v) is 3.91. The summed E-state index contributed by atoms with van der Waals surface area (Å²) in [5.74, 6) is -1.64. The van der Waals surface area contributed by atoms with Gasteiger partial charge in [-0.05, 0) is 24.6 Å². The fourth-order valence-electron chi connectivity index (χ4n) is 2.18. The molecule has 2 rings (SSSR count). The van der Waals surface area contributed by atoms with Gasteiger partial charge >= 0.3 is 5.97 Å². The van der Waals surface area contributed by atoms with Crippen LogP contribution in [0.5, 0.6) is 0 Å². The Morgan fingerprint density at radius 1 is 1.38 bits per heavy atom. The minimum atomic E-state index is -3.63. The van der Waals surface area contributed by atoms with Crippen LogP contribution in [0.1, 0.15) is 22.8 Å². The topological polar surface area (TPSA) is 104 Å². The predicted octanol–water partition coefficient (Wildman–Crippen LogP) is 0.0349. The lowest BCUT2D eigenvalue weighted by Gasteiger charge is -2.31. The number of amides is 1. The quantitative estimate of drug-likeness (QED) is 0.816. The van der Waals surface area contributed by atoms with E-state index in [1.165, 1.54) is 28.6 Å². The van der Waals surface area contributed by atoms with Crippen LogP contribution in [-0.2, 0) is 20.6 Å². The van der Waals surface area contributed by atoms with Gasteiger partial charge in [0.15, 0.2) is 0 Å². The van der Waals surface area contributed by atoms with Crippen LogP contribution in [0.25, 0.3) is 0 Å². The molecule has 0 radical (unpaired) electrons. The molecular formula is C13H16N2O5S. The first-order valence-corrected chi connectivity index (χ1v) is 8.01. The molecule has 0 aliphatic carbocycles. The monoisotopic (exact) mass is 312 g/mol. The summed E-state index contributed by atoms with van der Waals surface area (Å²) in [6.07, 6.45) is 0. The van der Waals surface area contributed by atoms with E-state index in [0.29, 0.717) is 12.1 Å². The minimum Gasteiger partial charge on any atom is -0.478 e. The molecular weight excluding hydrogens is 296 g/mol. The van der Waals surface area contributed by atoms with E-state index in [1.54, 1.807) is 6.92 Å². The number of carboxylic acid groups (broad SMARTS) is 1. The molecule has 1 saturated heterocycles. The molecule has 1 unspecified atom stereocenters. The molecule has 0 bridgehead atoms. The molecule has 1 atom stereocenters. The summed E-state index contributed by atoms with van der Waals surface area (Å²) < 4.78 is 25.9. The number of hydrogen-bond acceptors (Lipinski definition) is 4. The fraction of sp³-hybridized carbons (Fsp3) is 0.385. The van der Waals surface area contributed by atoms with Crippen molar-refractivity contribution in [3.8, 4) is 0 Å². The highest BCUT2D eigenvalue weighted by Crippen LogP contribution is 2.16. The predicted molar refractivity (Wildman–Crippen MR) is 75.2 cm³/mol. The van der Waals surface area contributed by atoms with Crippen LogP contribution in [-0.4, -0.2) is 48.8 Å². The van der Waals surface area contributed by atoms with Crippen LogP contribution in [0.2, 0.25) is 0 Å². The Labute approximate surface area is 122 Å². The molecule has 0 aromatic heterocycles. The number of carbonyl (C=O) groups excluding carboxylic acids is 1. The lowest BCUT2D eigenvalue weighted by Crippen LogP contribution is -2.55. The van der Waals surface area contributed by atoms with Gasteiger partial charge in [-0.3, -0.25) is 4.79 Å². The van der Waals surface area contributed by atoms with Crippen molar-refractivity contribution in [2.24, 2.45) is 0 Å². The number of hydrogen-bond donors (Lipinski definition) is 2. The maximum atomic E-state index is 12.4. The lowest BCUT2D eigenvalue weighted by atomic mass is 10.1. The Balaban J connectivity index is 2.17. The zero-order valence-corrected chi connectivity index (χ0v) is 12.3. The maximum Gasteiger partial charge on any atom is 0.335 e. The largest absolute Gasteiger partial charge is 0.478 e. The van der Waals surface area contributed by atoms with Crippen LogP contribution in [0.15, 0.2) is 24.3 Å². The second-order valence-electron chi connectivity index (χ2n) is 4.84. The van der Waals surface area contributed by atoms with E-state index >= 15 is 0 Å². The third kappa shape index (κ3) is 3.40. The molecule has 1 aliphatic heterocycles. The SMILES string of the molecule is CC1C(=O)NCCN1S(=O)(=O)Cc1ccc(C(=O)O)cc1. The van der Waals surface area contributed by atoms with E-state index in [-0.39, 0.29) is 23.8 Å². The molecule has 1 aromatic rings. The summed E-state index contributed by atoms with van der Waals surface area (Å²) in [6.45, 7) is 2.07. The number of nitrogens with one attached hydrogen (secondary N) is 1. The van der Waals surface area contributed by atoms with Gasteiger partial charge in [-0.25, -0.2) is 13.2 Å². The van der Waals surface area contributed by atoms with Crippen LogP contribution in [0, 0.1) is 0 Å². The summed E-state index contributed by atoms with van der Waals surface area (Å²) in [7, 11) is -3.63. The summed E-state index contributed by atoms with van der Waals surface area (Å²) in [6, 6.07) is 4.92. The van der Waals surface area contributed by atoms with E-state index in [0.717, 1.165) is 0 Å². The normalized spacial score (nSPS) is 20.0.